The van der Waals surface area contributed by atoms with Crippen molar-refractivity contribution in [2.24, 2.45) is 0 Å². The summed E-state index contributed by atoms with van der Waals surface area (Å²) in [5.41, 5.74) is -0.804. The molecular weight excluding hydrogens is 450 g/mol. The molecule has 1 amide bonds. The summed E-state index contributed by atoms with van der Waals surface area (Å²) in [5.74, 6) is 0.396. The van der Waals surface area contributed by atoms with Gasteiger partial charge in [-0.3, -0.25) is 4.90 Å². The van der Waals surface area contributed by atoms with Crippen molar-refractivity contribution in [3.05, 3.63) is 53.6 Å². The van der Waals surface area contributed by atoms with Gasteiger partial charge in [0.25, 0.3) is 0 Å². The molecule has 2 rings (SSSR count). The molecule has 0 radical (unpaired) electrons. The molecule has 8 nitrogen and oxygen atoms in total. The Kier molecular flexibility index (Phi) is 9.22. The van der Waals surface area contributed by atoms with Gasteiger partial charge in [0.1, 0.15) is 12.1 Å². The maximum absolute atomic E-state index is 13.0. The molecule has 9 heteroatoms. The van der Waals surface area contributed by atoms with E-state index in [1.54, 1.807) is 14.0 Å². The van der Waals surface area contributed by atoms with Crippen LogP contribution in [0.15, 0.2) is 42.5 Å². The van der Waals surface area contributed by atoms with Gasteiger partial charge < -0.3 is 23.7 Å². The molecular formula is C24H30ClNO7. The van der Waals surface area contributed by atoms with Gasteiger partial charge >= 0.3 is 12.1 Å². The van der Waals surface area contributed by atoms with Crippen LogP contribution in [0.3, 0.4) is 0 Å². The Morgan fingerprint density at radius 3 is 2.06 bits per heavy atom. The molecule has 0 aliphatic carbocycles. The van der Waals surface area contributed by atoms with Gasteiger partial charge in [-0.1, -0.05) is 48.9 Å². The molecule has 0 fully saturated rings. The Labute approximate surface area is 199 Å². The van der Waals surface area contributed by atoms with Crippen LogP contribution in [0.1, 0.15) is 36.2 Å². The van der Waals surface area contributed by atoms with Gasteiger partial charge in [0, 0.05) is 7.05 Å². The number of ether oxygens (including phenoxy) is 5. The van der Waals surface area contributed by atoms with Crippen molar-refractivity contribution in [3.63, 3.8) is 0 Å². The molecule has 0 saturated heterocycles. The predicted molar refractivity (Wildman–Crippen MR) is 124 cm³/mol. The van der Waals surface area contributed by atoms with E-state index in [0.717, 1.165) is 5.56 Å². The maximum atomic E-state index is 13.0. The minimum Gasteiger partial charge on any atom is -0.493 e. The maximum Gasteiger partial charge on any atom is 0.411 e. The number of alkyl halides is 1. The van der Waals surface area contributed by atoms with Crippen molar-refractivity contribution < 1.29 is 33.3 Å². The first-order valence-electron chi connectivity index (χ1n) is 10.3. The first-order chi connectivity index (χ1) is 15.7. The van der Waals surface area contributed by atoms with Gasteiger partial charge in [0.05, 0.1) is 26.9 Å². The number of halogens is 1. The van der Waals surface area contributed by atoms with E-state index in [1.807, 2.05) is 37.3 Å². The number of hydrogen-bond acceptors (Lipinski definition) is 7. The molecule has 0 aromatic heterocycles. The highest BCUT2D eigenvalue weighted by Crippen LogP contribution is 2.39. The van der Waals surface area contributed by atoms with Gasteiger partial charge in [-0.05, 0) is 31.0 Å². The molecule has 2 atom stereocenters. The first-order valence-corrected chi connectivity index (χ1v) is 10.8. The predicted octanol–water partition coefficient (Wildman–Crippen LogP) is 4.83. The van der Waals surface area contributed by atoms with Crippen molar-refractivity contribution in [2.45, 2.75) is 31.4 Å². The van der Waals surface area contributed by atoms with Crippen molar-refractivity contribution in [3.8, 4) is 17.2 Å². The fourth-order valence-electron chi connectivity index (χ4n) is 3.53. The van der Waals surface area contributed by atoms with Gasteiger partial charge in [-0.15, -0.1) is 0 Å². The first kappa shape index (κ1) is 26.1. The zero-order valence-electron chi connectivity index (χ0n) is 19.7. The lowest BCUT2D eigenvalue weighted by molar-refractivity contribution is -0.000647. The SMILES string of the molecule is CCC(COC(=O)c1cc(OC)c(OC)c(OC)c1)(c1ccccc1)N(C)C(=O)O[C@H](C)Cl. The molecule has 180 valence electrons. The van der Waals surface area contributed by atoms with E-state index in [9.17, 15) is 9.59 Å². The lowest BCUT2D eigenvalue weighted by Gasteiger charge is -2.40. The number of methoxy groups -OCH3 is 3. The smallest absolute Gasteiger partial charge is 0.411 e. The zero-order valence-corrected chi connectivity index (χ0v) is 20.5. The highest BCUT2D eigenvalue weighted by molar-refractivity contribution is 6.19. The summed E-state index contributed by atoms with van der Waals surface area (Å²) < 4.78 is 26.8. The number of hydrogen-bond donors (Lipinski definition) is 0. The van der Waals surface area contributed by atoms with Crippen LogP contribution in [0, 0.1) is 0 Å². The third-order valence-electron chi connectivity index (χ3n) is 5.42. The fourth-order valence-corrected chi connectivity index (χ4v) is 3.60. The molecule has 0 heterocycles. The molecule has 0 aliphatic rings. The molecule has 0 N–H and O–H groups in total. The van der Waals surface area contributed by atoms with Crippen LogP contribution in [0.2, 0.25) is 0 Å². The third-order valence-corrected chi connectivity index (χ3v) is 5.51. The van der Waals surface area contributed by atoms with E-state index < -0.39 is 23.2 Å². The summed E-state index contributed by atoms with van der Waals surface area (Å²) in [4.78, 5) is 27.1. The molecule has 2 aromatic rings. The van der Waals surface area contributed by atoms with E-state index in [2.05, 4.69) is 0 Å². The van der Waals surface area contributed by atoms with Gasteiger partial charge in [-0.2, -0.15) is 0 Å². The van der Waals surface area contributed by atoms with Crippen LogP contribution < -0.4 is 14.2 Å². The molecule has 1 unspecified atom stereocenters. The highest BCUT2D eigenvalue weighted by atomic mass is 35.5. The number of carbonyl (C=O) groups is 2. The largest absolute Gasteiger partial charge is 0.493 e. The second kappa shape index (κ2) is 11.7. The van der Waals surface area contributed by atoms with Crippen LogP contribution in [0.5, 0.6) is 17.2 Å². The number of esters is 1. The minimum atomic E-state index is -0.986. The Hall–Kier alpha value is -3.13. The number of rotatable bonds is 10. The Balaban J connectivity index is 2.40. The molecule has 0 aliphatic heterocycles. The van der Waals surface area contributed by atoms with Crippen molar-refractivity contribution in [1.29, 1.82) is 0 Å². The summed E-state index contributed by atoms with van der Waals surface area (Å²) in [6.45, 7) is 3.33. The number of nitrogens with zero attached hydrogens (tertiary/aromatic N) is 1. The second-order valence-electron chi connectivity index (χ2n) is 7.23. The van der Waals surface area contributed by atoms with Crippen LogP contribution in [-0.4, -0.2) is 57.5 Å². The monoisotopic (exact) mass is 479 g/mol. The van der Waals surface area contributed by atoms with Gasteiger partial charge in [-0.25, -0.2) is 9.59 Å². The average molecular weight is 480 g/mol. The Morgan fingerprint density at radius 1 is 1.03 bits per heavy atom. The normalized spacial score (nSPS) is 13.3. The van der Waals surface area contributed by atoms with Crippen LogP contribution in [0.25, 0.3) is 0 Å². The van der Waals surface area contributed by atoms with Crippen LogP contribution >= 0.6 is 11.6 Å². The topological polar surface area (TPSA) is 83.5 Å². The van der Waals surface area contributed by atoms with Gasteiger partial charge in [0.15, 0.2) is 17.1 Å². The van der Waals surface area contributed by atoms with Crippen molar-refractivity contribution in [1.82, 2.24) is 4.90 Å². The van der Waals surface area contributed by atoms with E-state index >= 15 is 0 Å². The van der Waals surface area contributed by atoms with Crippen molar-refractivity contribution in [2.75, 3.05) is 35.0 Å². The van der Waals surface area contributed by atoms with E-state index in [0.29, 0.717) is 23.7 Å². The van der Waals surface area contributed by atoms with E-state index in [1.165, 1.54) is 38.4 Å². The fraction of sp³-hybridized carbons (Fsp3) is 0.417. The Bertz CT molecular complexity index is 926. The third kappa shape index (κ3) is 5.82. The molecule has 0 spiro atoms. The second-order valence-corrected chi connectivity index (χ2v) is 7.84. The van der Waals surface area contributed by atoms with E-state index in [4.69, 9.17) is 35.3 Å². The number of amides is 1. The molecule has 0 saturated carbocycles. The minimum absolute atomic E-state index is 0.120. The highest BCUT2D eigenvalue weighted by Gasteiger charge is 2.40. The molecule has 2 aromatic carbocycles. The van der Waals surface area contributed by atoms with Crippen LogP contribution in [0.4, 0.5) is 4.79 Å². The number of benzene rings is 2. The number of likely N-dealkylation sites (N-methyl/N-ethyl adjacent to an activating group) is 1. The molecule has 0 bridgehead atoms. The summed E-state index contributed by atoms with van der Waals surface area (Å²) >= 11 is 5.86. The summed E-state index contributed by atoms with van der Waals surface area (Å²) in [6.07, 6.45) is -0.186. The van der Waals surface area contributed by atoms with E-state index in [-0.39, 0.29) is 12.2 Å². The van der Waals surface area contributed by atoms with Gasteiger partial charge in [0.2, 0.25) is 5.75 Å². The zero-order chi connectivity index (χ0) is 24.6. The summed E-state index contributed by atoms with van der Waals surface area (Å²) in [7, 11) is 5.99. The lowest BCUT2D eigenvalue weighted by Crippen LogP contribution is -2.51. The number of carbonyl (C=O) groups excluding carboxylic acids is 2. The standard InChI is InChI=1S/C24H30ClNO7/c1-7-24(18-11-9-8-10-12-18,26(3)23(28)33-16(2)25)15-32-22(27)17-13-19(29-4)21(31-6)20(14-17)30-5/h8-14,16H,7,15H2,1-6H3/t16-,24?/m1/s1. The quantitative estimate of drug-likeness (QED) is 0.356. The average Bonchev–Trinajstić information content (AvgIpc) is 2.83. The van der Waals surface area contributed by atoms with Crippen molar-refractivity contribution >= 4 is 23.7 Å². The summed E-state index contributed by atoms with van der Waals surface area (Å²) in [5, 5.41) is 0. The lowest BCUT2D eigenvalue weighted by atomic mass is 9.86. The summed E-state index contributed by atoms with van der Waals surface area (Å²) in [6, 6.07) is 12.3. The Morgan fingerprint density at radius 2 is 1.61 bits per heavy atom. The molecule has 33 heavy (non-hydrogen) atoms. The van der Waals surface area contributed by atoms with Crippen LogP contribution in [-0.2, 0) is 15.0 Å².